The normalized spacial score (nSPS) is 17.2. The van der Waals surface area contributed by atoms with Crippen LogP contribution in [-0.2, 0) is 14.8 Å². The molecule has 0 aromatic heterocycles. The quantitative estimate of drug-likeness (QED) is 0.789. The van der Waals surface area contributed by atoms with Crippen molar-refractivity contribution in [1.82, 2.24) is 14.5 Å². The van der Waals surface area contributed by atoms with Crippen molar-refractivity contribution in [2.45, 2.75) is 31.7 Å². The zero-order valence-electron chi connectivity index (χ0n) is 14.3. The second-order valence-corrected chi connectivity index (χ2v) is 9.11. The van der Waals surface area contributed by atoms with Crippen molar-refractivity contribution in [2.24, 2.45) is 0 Å². The minimum absolute atomic E-state index is 0.0233. The molecule has 0 saturated carbocycles. The Morgan fingerprint density at radius 3 is 2.42 bits per heavy atom. The monoisotopic (exact) mass is 417 g/mol. The Morgan fingerprint density at radius 1 is 1.25 bits per heavy atom. The third-order valence-electron chi connectivity index (χ3n) is 3.92. The summed E-state index contributed by atoms with van der Waals surface area (Å²) in [4.78, 5) is 14.1. The average Bonchev–Trinajstić information content (AvgIpc) is 2.49. The van der Waals surface area contributed by atoms with Gasteiger partial charge in [-0.3, -0.25) is 9.69 Å². The van der Waals surface area contributed by atoms with Gasteiger partial charge in [0.05, 0.1) is 11.4 Å². The number of amides is 1. The van der Waals surface area contributed by atoms with Gasteiger partial charge in [0.15, 0.2) is 0 Å². The maximum absolute atomic E-state index is 12.7. The molecule has 1 heterocycles. The van der Waals surface area contributed by atoms with Crippen LogP contribution in [0.5, 0.6) is 0 Å². The number of nitrogens with one attached hydrogen (secondary N) is 1. The summed E-state index contributed by atoms with van der Waals surface area (Å²) in [7, 11) is -3.49. The number of benzene rings is 1. The van der Waals surface area contributed by atoms with Gasteiger partial charge in [0.1, 0.15) is 0 Å². The van der Waals surface area contributed by atoms with E-state index in [1.165, 1.54) is 4.31 Å². The topological polar surface area (TPSA) is 69.7 Å². The van der Waals surface area contributed by atoms with Crippen LogP contribution in [0.1, 0.15) is 19.4 Å². The summed E-state index contributed by atoms with van der Waals surface area (Å²) in [5.41, 5.74) is 0.889. The number of halogens is 1. The highest BCUT2D eigenvalue weighted by atomic mass is 79.9. The summed E-state index contributed by atoms with van der Waals surface area (Å²) in [6, 6.07) is 5.17. The lowest BCUT2D eigenvalue weighted by molar-refractivity contribution is -0.123. The van der Waals surface area contributed by atoms with E-state index in [1.54, 1.807) is 18.2 Å². The molecule has 1 aliphatic heterocycles. The molecule has 0 radical (unpaired) electrons. The van der Waals surface area contributed by atoms with Crippen LogP contribution in [0.3, 0.4) is 0 Å². The molecular formula is C16H24BrN3O3S. The smallest absolute Gasteiger partial charge is 0.243 e. The van der Waals surface area contributed by atoms with Gasteiger partial charge in [-0.2, -0.15) is 4.31 Å². The molecule has 0 spiro atoms. The van der Waals surface area contributed by atoms with Crippen molar-refractivity contribution >= 4 is 31.9 Å². The minimum Gasteiger partial charge on any atom is -0.353 e. The molecule has 24 heavy (non-hydrogen) atoms. The fourth-order valence-electron chi connectivity index (χ4n) is 2.63. The molecule has 8 heteroatoms. The number of rotatable bonds is 5. The molecule has 1 saturated heterocycles. The lowest BCUT2D eigenvalue weighted by Gasteiger charge is -2.33. The molecule has 134 valence electrons. The van der Waals surface area contributed by atoms with Gasteiger partial charge in [-0.1, -0.05) is 15.9 Å². The van der Waals surface area contributed by atoms with E-state index in [0.29, 0.717) is 37.6 Å². The zero-order chi connectivity index (χ0) is 17.9. The van der Waals surface area contributed by atoms with Crippen molar-refractivity contribution in [2.75, 3.05) is 32.7 Å². The maximum Gasteiger partial charge on any atom is 0.243 e. The third-order valence-corrected chi connectivity index (χ3v) is 6.70. The molecule has 0 aliphatic carbocycles. The molecule has 0 atom stereocenters. The maximum atomic E-state index is 12.7. The lowest BCUT2D eigenvalue weighted by Crippen LogP contribution is -2.51. The van der Waals surface area contributed by atoms with E-state index in [2.05, 4.69) is 21.2 Å². The Morgan fingerprint density at radius 2 is 1.88 bits per heavy atom. The summed E-state index contributed by atoms with van der Waals surface area (Å²) in [5.74, 6) is -0.0233. The van der Waals surface area contributed by atoms with Crippen LogP contribution in [-0.4, -0.2) is 62.3 Å². The molecule has 1 aromatic rings. The van der Waals surface area contributed by atoms with E-state index in [9.17, 15) is 13.2 Å². The molecule has 1 aromatic carbocycles. The first-order valence-electron chi connectivity index (χ1n) is 7.98. The van der Waals surface area contributed by atoms with Crippen LogP contribution in [0.4, 0.5) is 0 Å². The van der Waals surface area contributed by atoms with Crippen LogP contribution in [0, 0.1) is 6.92 Å². The predicted molar refractivity (Wildman–Crippen MR) is 97.4 cm³/mol. The number of carbonyl (C=O) groups excluding carboxylic acids is 1. The first-order chi connectivity index (χ1) is 11.2. The summed E-state index contributed by atoms with van der Waals surface area (Å²) in [5, 5.41) is 2.85. The van der Waals surface area contributed by atoms with Gasteiger partial charge < -0.3 is 5.32 Å². The van der Waals surface area contributed by atoms with Gasteiger partial charge in [-0.15, -0.1) is 0 Å². The molecular weight excluding hydrogens is 394 g/mol. The minimum atomic E-state index is -3.49. The first kappa shape index (κ1) is 19.4. The number of nitrogens with zero attached hydrogens (tertiary/aromatic N) is 2. The van der Waals surface area contributed by atoms with Gasteiger partial charge >= 0.3 is 0 Å². The number of sulfonamides is 1. The second kappa shape index (κ2) is 7.95. The standard InChI is InChI=1S/C16H24BrN3O3S/c1-12(2)18-16(21)11-19-6-8-20(9-7-19)24(22,23)14-4-5-15(17)13(3)10-14/h4-5,10,12H,6-9,11H2,1-3H3,(H,18,21). The van der Waals surface area contributed by atoms with Crippen LogP contribution >= 0.6 is 15.9 Å². The third kappa shape index (κ3) is 4.78. The van der Waals surface area contributed by atoms with Gasteiger partial charge in [0, 0.05) is 36.7 Å². The SMILES string of the molecule is Cc1cc(S(=O)(=O)N2CCN(CC(=O)NC(C)C)CC2)ccc1Br. The van der Waals surface area contributed by atoms with Crippen LogP contribution < -0.4 is 5.32 Å². The number of carbonyl (C=O) groups is 1. The van der Waals surface area contributed by atoms with Crippen LogP contribution in [0.25, 0.3) is 0 Å². The molecule has 1 N–H and O–H groups in total. The van der Waals surface area contributed by atoms with E-state index in [-0.39, 0.29) is 11.9 Å². The number of piperazine rings is 1. The summed E-state index contributed by atoms with van der Waals surface area (Å²) < 4.78 is 27.9. The molecule has 1 amide bonds. The predicted octanol–water partition coefficient (Wildman–Crippen LogP) is 1.59. The van der Waals surface area contributed by atoms with E-state index in [0.717, 1.165) is 10.0 Å². The van der Waals surface area contributed by atoms with Crippen LogP contribution in [0.2, 0.25) is 0 Å². The van der Waals surface area contributed by atoms with Crippen molar-refractivity contribution < 1.29 is 13.2 Å². The number of hydrogen-bond acceptors (Lipinski definition) is 4. The van der Waals surface area contributed by atoms with E-state index < -0.39 is 10.0 Å². The molecule has 2 rings (SSSR count). The Kier molecular flexibility index (Phi) is 6.41. The van der Waals surface area contributed by atoms with Gasteiger partial charge in [0.2, 0.25) is 15.9 Å². The Labute approximate surface area is 152 Å². The lowest BCUT2D eigenvalue weighted by atomic mass is 10.2. The first-order valence-corrected chi connectivity index (χ1v) is 10.2. The van der Waals surface area contributed by atoms with Crippen molar-refractivity contribution in [1.29, 1.82) is 0 Å². The summed E-state index contributed by atoms with van der Waals surface area (Å²) in [6.07, 6.45) is 0. The zero-order valence-corrected chi connectivity index (χ0v) is 16.7. The highest BCUT2D eigenvalue weighted by Crippen LogP contribution is 2.23. The van der Waals surface area contributed by atoms with E-state index in [4.69, 9.17) is 0 Å². The largest absolute Gasteiger partial charge is 0.353 e. The Hall–Kier alpha value is -0.960. The molecule has 1 aliphatic rings. The van der Waals surface area contributed by atoms with Crippen molar-refractivity contribution in [3.05, 3.63) is 28.2 Å². The fraction of sp³-hybridized carbons (Fsp3) is 0.562. The molecule has 6 nitrogen and oxygen atoms in total. The fourth-order valence-corrected chi connectivity index (χ4v) is 4.38. The van der Waals surface area contributed by atoms with E-state index >= 15 is 0 Å². The number of hydrogen-bond donors (Lipinski definition) is 1. The van der Waals surface area contributed by atoms with Gasteiger partial charge in [-0.05, 0) is 44.5 Å². The van der Waals surface area contributed by atoms with Crippen LogP contribution in [0.15, 0.2) is 27.6 Å². The summed E-state index contributed by atoms with van der Waals surface area (Å²) >= 11 is 3.39. The highest BCUT2D eigenvalue weighted by molar-refractivity contribution is 9.10. The second-order valence-electron chi connectivity index (χ2n) is 6.31. The van der Waals surface area contributed by atoms with Crippen molar-refractivity contribution in [3.8, 4) is 0 Å². The molecule has 0 bridgehead atoms. The molecule has 0 unspecified atom stereocenters. The average molecular weight is 418 g/mol. The summed E-state index contributed by atoms with van der Waals surface area (Å²) in [6.45, 7) is 7.92. The number of aryl methyl sites for hydroxylation is 1. The van der Waals surface area contributed by atoms with Crippen molar-refractivity contribution in [3.63, 3.8) is 0 Å². The van der Waals surface area contributed by atoms with Gasteiger partial charge in [-0.25, -0.2) is 8.42 Å². The highest BCUT2D eigenvalue weighted by Gasteiger charge is 2.29. The Bertz CT molecular complexity index is 699. The Balaban J connectivity index is 1.98. The molecule has 1 fully saturated rings. The van der Waals surface area contributed by atoms with Gasteiger partial charge in [0.25, 0.3) is 0 Å². The van der Waals surface area contributed by atoms with E-state index in [1.807, 2.05) is 25.7 Å².